The number of rotatable bonds is 3. The lowest BCUT2D eigenvalue weighted by atomic mass is 10.5. The summed E-state index contributed by atoms with van der Waals surface area (Å²) in [6.07, 6.45) is 1.48. The molecule has 0 radical (unpaired) electrons. The molecule has 0 unspecified atom stereocenters. The molecule has 0 saturated heterocycles. The first-order valence-corrected chi connectivity index (χ1v) is 6.30. The zero-order valence-electron chi connectivity index (χ0n) is 7.49. The number of hydrogen-bond acceptors (Lipinski definition) is 5. The second kappa shape index (κ2) is 4.24. The van der Waals surface area contributed by atoms with Crippen LogP contribution in [0.1, 0.15) is 6.92 Å². The van der Waals surface area contributed by atoms with Crippen LogP contribution in [0.3, 0.4) is 0 Å². The van der Waals surface area contributed by atoms with Crippen LogP contribution in [0.2, 0.25) is 0 Å². The Kier molecular flexibility index (Phi) is 3.46. The van der Waals surface area contributed by atoms with Crippen molar-refractivity contribution in [3.8, 4) is 0 Å². The van der Waals surface area contributed by atoms with Crippen LogP contribution in [0, 0.1) is 0 Å². The van der Waals surface area contributed by atoms with Crippen LogP contribution in [0.5, 0.6) is 0 Å². The lowest BCUT2D eigenvalue weighted by molar-refractivity contribution is 0.597. The fraction of sp³-hybridized carbons (Fsp3) is 0.286. The fourth-order valence-electron chi connectivity index (χ4n) is 0.922. The van der Waals surface area contributed by atoms with E-state index in [-0.39, 0.29) is 16.5 Å². The van der Waals surface area contributed by atoms with Crippen molar-refractivity contribution in [1.82, 2.24) is 4.98 Å². The monoisotopic (exact) mass is 279 g/mol. The SMILES string of the molecule is CCS(=O)(=O)c1cc(Br)cnc1NN. The summed E-state index contributed by atoms with van der Waals surface area (Å²) in [6, 6.07) is 1.47. The van der Waals surface area contributed by atoms with Crippen LogP contribution in [-0.4, -0.2) is 19.2 Å². The van der Waals surface area contributed by atoms with Crippen LogP contribution in [-0.2, 0) is 9.84 Å². The molecule has 1 aromatic rings. The third kappa shape index (κ3) is 2.23. The second-order valence-corrected chi connectivity index (χ2v) is 5.71. The van der Waals surface area contributed by atoms with Gasteiger partial charge in [0.25, 0.3) is 0 Å². The van der Waals surface area contributed by atoms with Crippen LogP contribution in [0.4, 0.5) is 5.82 Å². The first kappa shape index (κ1) is 11.4. The van der Waals surface area contributed by atoms with Gasteiger partial charge in [-0.2, -0.15) is 0 Å². The number of nitrogen functional groups attached to an aromatic ring is 1. The van der Waals surface area contributed by atoms with E-state index in [0.29, 0.717) is 4.47 Å². The second-order valence-electron chi connectivity index (χ2n) is 2.55. The summed E-state index contributed by atoms with van der Waals surface area (Å²) in [5, 5.41) is 0. The molecular formula is C7H10BrN3O2S. The van der Waals surface area contributed by atoms with Crippen molar-refractivity contribution in [2.45, 2.75) is 11.8 Å². The number of hydrazine groups is 1. The number of nitrogens with one attached hydrogen (secondary N) is 1. The molecule has 0 aliphatic rings. The van der Waals surface area contributed by atoms with Gasteiger partial charge in [-0.3, -0.25) is 0 Å². The molecule has 3 N–H and O–H groups in total. The summed E-state index contributed by atoms with van der Waals surface area (Å²) in [4.78, 5) is 3.96. The standard InChI is InChI=1S/C7H10BrN3O2S/c1-2-14(12,13)6-3-5(8)4-10-7(6)11-9/h3-4H,2,9H2,1H3,(H,10,11). The first-order valence-electron chi connectivity index (χ1n) is 3.86. The number of halogens is 1. The molecule has 1 aromatic heterocycles. The number of pyridine rings is 1. The van der Waals surface area contributed by atoms with Crippen LogP contribution < -0.4 is 11.3 Å². The highest BCUT2D eigenvalue weighted by molar-refractivity contribution is 9.10. The summed E-state index contributed by atoms with van der Waals surface area (Å²) in [6.45, 7) is 1.57. The highest BCUT2D eigenvalue weighted by Crippen LogP contribution is 2.22. The van der Waals surface area contributed by atoms with Crippen molar-refractivity contribution in [2.75, 3.05) is 11.2 Å². The van der Waals surface area contributed by atoms with E-state index in [0.717, 1.165) is 0 Å². The van der Waals surface area contributed by atoms with E-state index in [2.05, 4.69) is 26.3 Å². The Morgan fingerprint density at radius 1 is 1.64 bits per heavy atom. The predicted molar refractivity (Wildman–Crippen MR) is 57.5 cm³/mol. The summed E-state index contributed by atoms with van der Waals surface area (Å²) in [5.41, 5.74) is 2.25. The number of nitrogens with zero attached hydrogens (tertiary/aromatic N) is 1. The van der Waals surface area contributed by atoms with E-state index in [1.54, 1.807) is 6.92 Å². The van der Waals surface area contributed by atoms with Crippen molar-refractivity contribution in [3.63, 3.8) is 0 Å². The van der Waals surface area contributed by atoms with Gasteiger partial charge in [0.1, 0.15) is 4.90 Å². The topological polar surface area (TPSA) is 85.1 Å². The zero-order valence-corrected chi connectivity index (χ0v) is 9.89. The number of anilines is 1. The quantitative estimate of drug-likeness (QED) is 0.635. The van der Waals surface area contributed by atoms with E-state index >= 15 is 0 Å². The molecule has 0 atom stereocenters. The van der Waals surface area contributed by atoms with Gasteiger partial charge in [0.05, 0.1) is 5.75 Å². The molecule has 0 spiro atoms. The minimum Gasteiger partial charge on any atom is -0.307 e. The summed E-state index contributed by atoms with van der Waals surface area (Å²) in [7, 11) is -3.30. The van der Waals surface area contributed by atoms with Crippen molar-refractivity contribution in [1.29, 1.82) is 0 Å². The van der Waals surface area contributed by atoms with E-state index in [9.17, 15) is 8.42 Å². The van der Waals surface area contributed by atoms with E-state index in [1.807, 2.05) is 0 Å². The van der Waals surface area contributed by atoms with Gasteiger partial charge in [-0.1, -0.05) is 6.92 Å². The minimum absolute atomic E-state index is 0.0137. The van der Waals surface area contributed by atoms with Crippen molar-refractivity contribution >= 4 is 31.6 Å². The molecule has 0 aliphatic heterocycles. The first-order chi connectivity index (χ1) is 6.51. The molecule has 7 heteroatoms. The molecule has 0 saturated carbocycles. The van der Waals surface area contributed by atoms with Crippen molar-refractivity contribution in [2.24, 2.45) is 5.84 Å². The maximum Gasteiger partial charge on any atom is 0.181 e. The molecule has 0 aromatic carbocycles. The highest BCUT2D eigenvalue weighted by Gasteiger charge is 2.17. The number of aromatic nitrogens is 1. The molecular weight excluding hydrogens is 270 g/mol. The van der Waals surface area contributed by atoms with Crippen LogP contribution in [0.15, 0.2) is 21.6 Å². The average Bonchev–Trinajstić information content (AvgIpc) is 2.18. The summed E-state index contributed by atoms with van der Waals surface area (Å²) in [5.74, 6) is 5.34. The van der Waals surface area contributed by atoms with Crippen molar-refractivity contribution < 1.29 is 8.42 Å². The predicted octanol–water partition coefficient (Wildman–Crippen LogP) is 0.923. The molecule has 1 heterocycles. The van der Waals surface area contributed by atoms with Gasteiger partial charge in [0.2, 0.25) is 0 Å². The minimum atomic E-state index is -3.30. The Labute approximate surface area is 90.7 Å². The highest BCUT2D eigenvalue weighted by atomic mass is 79.9. The smallest absolute Gasteiger partial charge is 0.181 e. The van der Waals surface area contributed by atoms with Gasteiger partial charge >= 0.3 is 0 Å². The van der Waals surface area contributed by atoms with Gasteiger partial charge in [-0.25, -0.2) is 19.2 Å². The normalized spacial score (nSPS) is 11.4. The van der Waals surface area contributed by atoms with Crippen molar-refractivity contribution in [3.05, 3.63) is 16.7 Å². The largest absolute Gasteiger partial charge is 0.307 e. The maximum atomic E-state index is 11.6. The average molecular weight is 280 g/mol. The summed E-state index contributed by atoms with van der Waals surface area (Å²) >= 11 is 3.15. The van der Waals surface area contributed by atoms with Gasteiger partial charge in [-0.05, 0) is 22.0 Å². The third-order valence-corrected chi connectivity index (χ3v) is 3.85. The molecule has 14 heavy (non-hydrogen) atoms. The number of nitrogens with two attached hydrogens (primary N) is 1. The molecule has 0 fully saturated rings. The summed E-state index contributed by atoms with van der Waals surface area (Å²) < 4.78 is 23.8. The lowest BCUT2D eigenvalue weighted by Gasteiger charge is -2.07. The Morgan fingerprint density at radius 2 is 2.29 bits per heavy atom. The van der Waals surface area contributed by atoms with Crippen LogP contribution in [0.25, 0.3) is 0 Å². The van der Waals surface area contributed by atoms with Gasteiger partial charge in [0.15, 0.2) is 15.7 Å². The lowest BCUT2D eigenvalue weighted by Crippen LogP contribution is -2.14. The van der Waals surface area contributed by atoms with Gasteiger partial charge < -0.3 is 5.43 Å². The van der Waals surface area contributed by atoms with E-state index in [1.165, 1.54) is 12.3 Å². The zero-order chi connectivity index (χ0) is 10.8. The Bertz CT molecular complexity index is 433. The molecule has 0 amide bonds. The fourth-order valence-corrected chi connectivity index (χ4v) is 2.43. The Balaban J connectivity index is 3.39. The Hall–Kier alpha value is -0.660. The van der Waals surface area contributed by atoms with E-state index in [4.69, 9.17) is 5.84 Å². The third-order valence-electron chi connectivity index (χ3n) is 1.67. The molecule has 78 valence electrons. The van der Waals surface area contributed by atoms with Gasteiger partial charge in [-0.15, -0.1) is 0 Å². The molecule has 0 bridgehead atoms. The Morgan fingerprint density at radius 3 is 2.79 bits per heavy atom. The maximum absolute atomic E-state index is 11.6. The molecule has 1 rings (SSSR count). The number of sulfone groups is 1. The van der Waals surface area contributed by atoms with Crippen LogP contribution >= 0.6 is 15.9 Å². The van der Waals surface area contributed by atoms with E-state index < -0.39 is 9.84 Å². The number of hydrogen-bond donors (Lipinski definition) is 2. The van der Waals surface area contributed by atoms with Gasteiger partial charge in [0, 0.05) is 10.7 Å². The molecule has 5 nitrogen and oxygen atoms in total. The molecule has 0 aliphatic carbocycles.